The maximum absolute atomic E-state index is 12.4. The minimum absolute atomic E-state index is 0.112. The second kappa shape index (κ2) is 8.86. The Morgan fingerprint density at radius 1 is 1.19 bits per heavy atom. The molecule has 1 aliphatic rings. The zero-order chi connectivity index (χ0) is 18.4. The Hall–Kier alpha value is -2.33. The van der Waals surface area contributed by atoms with Crippen molar-refractivity contribution in [2.24, 2.45) is 0 Å². The van der Waals surface area contributed by atoms with Crippen molar-refractivity contribution < 1.29 is 14.4 Å². The lowest BCUT2D eigenvalue weighted by Gasteiger charge is -2.30. The molecule has 4 heteroatoms. The highest BCUT2D eigenvalue weighted by Gasteiger charge is 2.27. The number of nitrogens with one attached hydrogen (secondary N) is 2. The number of methoxy groups -OCH3 is 1. The Morgan fingerprint density at radius 2 is 1.96 bits per heavy atom. The largest absolute Gasteiger partial charge is 0.496 e. The highest BCUT2D eigenvalue weighted by molar-refractivity contribution is 5.76. The molecule has 26 heavy (non-hydrogen) atoms. The number of hydrogen-bond donors (Lipinski definition) is 2. The highest BCUT2D eigenvalue weighted by atomic mass is 16.5. The zero-order valence-electron chi connectivity index (χ0n) is 15.8. The predicted octanol–water partition coefficient (Wildman–Crippen LogP) is 1.95. The summed E-state index contributed by atoms with van der Waals surface area (Å²) in [5, 5.41) is 3.06. The van der Waals surface area contributed by atoms with Gasteiger partial charge in [0.2, 0.25) is 0 Å². The highest BCUT2D eigenvalue weighted by Crippen LogP contribution is 2.27. The summed E-state index contributed by atoms with van der Waals surface area (Å²) < 4.78 is 5.36. The van der Waals surface area contributed by atoms with Gasteiger partial charge in [-0.25, -0.2) is 0 Å². The molecule has 0 heterocycles. The van der Waals surface area contributed by atoms with Crippen LogP contribution >= 0.6 is 0 Å². The molecule has 4 nitrogen and oxygen atoms in total. The maximum atomic E-state index is 12.4. The molecular weight excluding hydrogens is 324 g/mol. The van der Waals surface area contributed by atoms with Crippen LogP contribution in [0.25, 0.3) is 0 Å². The van der Waals surface area contributed by atoms with Gasteiger partial charge in [0.15, 0.2) is 6.54 Å². The van der Waals surface area contributed by atoms with Crippen molar-refractivity contribution in [3.63, 3.8) is 0 Å². The molecule has 0 bridgehead atoms. The third kappa shape index (κ3) is 4.44. The first-order chi connectivity index (χ1) is 12.7. The lowest BCUT2D eigenvalue weighted by atomic mass is 9.87. The van der Waals surface area contributed by atoms with E-state index < -0.39 is 0 Å². The molecule has 0 radical (unpaired) electrons. The molecular formula is C22H29N2O2+. The minimum Gasteiger partial charge on any atom is -0.496 e. The van der Waals surface area contributed by atoms with Crippen LogP contribution in [0.1, 0.15) is 35.6 Å². The van der Waals surface area contributed by atoms with Crippen LogP contribution in [0.2, 0.25) is 0 Å². The molecule has 2 aromatic rings. The average Bonchev–Trinajstić information content (AvgIpc) is 2.67. The van der Waals surface area contributed by atoms with E-state index in [9.17, 15) is 4.79 Å². The van der Waals surface area contributed by atoms with Crippen molar-refractivity contribution in [3.05, 3.63) is 65.2 Å². The molecule has 2 atom stereocenters. The molecule has 2 aromatic carbocycles. The van der Waals surface area contributed by atoms with Gasteiger partial charge in [-0.05, 0) is 36.5 Å². The van der Waals surface area contributed by atoms with E-state index in [1.54, 1.807) is 7.11 Å². The maximum Gasteiger partial charge on any atom is 0.275 e. The topological polar surface area (TPSA) is 42.8 Å². The Kier molecular flexibility index (Phi) is 6.29. The van der Waals surface area contributed by atoms with E-state index in [2.05, 4.69) is 36.6 Å². The lowest BCUT2D eigenvalue weighted by Crippen LogP contribution is -3.10. The van der Waals surface area contributed by atoms with Crippen LogP contribution in [-0.4, -0.2) is 33.2 Å². The van der Waals surface area contributed by atoms with Crippen LogP contribution in [0.5, 0.6) is 5.75 Å². The molecule has 0 saturated heterocycles. The monoisotopic (exact) mass is 353 g/mol. The third-order valence-electron chi connectivity index (χ3n) is 5.31. The van der Waals surface area contributed by atoms with Gasteiger partial charge >= 0.3 is 0 Å². The zero-order valence-corrected chi connectivity index (χ0v) is 15.8. The molecule has 1 unspecified atom stereocenters. The number of aryl methyl sites for hydroxylation is 1. The van der Waals surface area contributed by atoms with Crippen LogP contribution in [0.15, 0.2) is 48.5 Å². The van der Waals surface area contributed by atoms with Crippen LogP contribution in [-0.2, 0) is 17.6 Å². The van der Waals surface area contributed by atoms with Gasteiger partial charge in [0.1, 0.15) is 11.8 Å². The second-order valence-electron chi connectivity index (χ2n) is 7.08. The van der Waals surface area contributed by atoms with E-state index in [4.69, 9.17) is 4.74 Å². The van der Waals surface area contributed by atoms with Crippen molar-refractivity contribution in [2.45, 2.75) is 31.7 Å². The molecule has 0 aromatic heterocycles. The first-order valence-electron chi connectivity index (χ1n) is 9.47. The Morgan fingerprint density at radius 3 is 2.81 bits per heavy atom. The Balaban J connectivity index is 1.51. The number of benzene rings is 2. The quantitative estimate of drug-likeness (QED) is 0.799. The molecule has 1 amide bonds. The fourth-order valence-electron chi connectivity index (χ4n) is 3.95. The summed E-state index contributed by atoms with van der Waals surface area (Å²) in [5.74, 6) is 0.990. The number of para-hydroxylation sites is 1. The summed E-state index contributed by atoms with van der Waals surface area (Å²) in [6.07, 6.45) is 4.29. The van der Waals surface area contributed by atoms with E-state index in [-0.39, 0.29) is 5.91 Å². The normalized spacial score (nSPS) is 17.2. The number of ether oxygens (including phenoxy) is 1. The number of quaternary nitrogens is 1. The Labute approximate surface area is 156 Å². The van der Waals surface area contributed by atoms with Crippen LogP contribution in [0.4, 0.5) is 0 Å². The number of fused-ring (bicyclic) bond motifs is 1. The Bertz CT molecular complexity index is 744. The summed E-state index contributed by atoms with van der Waals surface area (Å²) in [4.78, 5) is 13.7. The van der Waals surface area contributed by atoms with Crippen molar-refractivity contribution >= 4 is 5.91 Å². The first-order valence-corrected chi connectivity index (χ1v) is 9.47. The summed E-state index contributed by atoms with van der Waals surface area (Å²) in [5.41, 5.74) is 3.98. The molecule has 2 N–H and O–H groups in total. The number of rotatable bonds is 7. The lowest BCUT2D eigenvalue weighted by molar-refractivity contribution is -0.905. The number of carbonyl (C=O) groups excluding carboxylic acids is 1. The van der Waals surface area contributed by atoms with Crippen molar-refractivity contribution in [3.8, 4) is 5.75 Å². The van der Waals surface area contributed by atoms with Gasteiger partial charge in [0.25, 0.3) is 5.91 Å². The summed E-state index contributed by atoms with van der Waals surface area (Å²) in [6, 6.07) is 17.0. The molecule has 3 rings (SSSR count). The molecule has 0 aliphatic heterocycles. The van der Waals surface area contributed by atoms with E-state index in [1.165, 1.54) is 22.4 Å². The number of likely N-dealkylation sites (N-methyl/N-ethyl adjacent to an activating group) is 1. The summed E-state index contributed by atoms with van der Waals surface area (Å²) in [7, 11) is 3.81. The van der Waals surface area contributed by atoms with Gasteiger partial charge in [-0.1, -0.05) is 42.5 Å². The summed E-state index contributed by atoms with van der Waals surface area (Å²) >= 11 is 0. The van der Waals surface area contributed by atoms with Gasteiger partial charge in [0.05, 0.1) is 14.2 Å². The van der Waals surface area contributed by atoms with Crippen molar-refractivity contribution in [1.29, 1.82) is 0 Å². The SMILES string of the molecule is COc1ccccc1CCNC(=O)C[NH+](C)[C@H]1CCCc2ccccc21. The van der Waals surface area contributed by atoms with Gasteiger partial charge in [-0.3, -0.25) is 4.79 Å². The van der Waals surface area contributed by atoms with E-state index in [1.807, 2.05) is 24.3 Å². The fourth-order valence-corrected chi connectivity index (χ4v) is 3.95. The fraction of sp³-hybridized carbons (Fsp3) is 0.409. The van der Waals surface area contributed by atoms with Crippen LogP contribution < -0.4 is 15.0 Å². The second-order valence-corrected chi connectivity index (χ2v) is 7.08. The van der Waals surface area contributed by atoms with Crippen molar-refractivity contribution in [2.75, 3.05) is 27.2 Å². The van der Waals surface area contributed by atoms with E-state index >= 15 is 0 Å². The predicted molar refractivity (Wildman–Crippen MR) is 104 cm³/mol. The summed E-state index contributed by atoms with van der Waals surface area (Å²) in [6.45, 7) is 1.14. The average molecular weight is 353 g/mol. The van der Waals surface area contributed by atoms with E-state index in [0.29, 0.717) is 19.1 Å². The molecule has 138 valence electrons. The third-order valence-corrected chi connectivity index (χ3v) is 5.31. The molecule has 0 spiro atoms. The van der Waals surface area contributed by atoms with Gasteiger partial charge in [0, 0.05) is 18.5 Å². The number of amides is 1. The van der Waals surface area contributed by atoms with Gasteiger partial charge in [-0.2, -0.15) is 0 Å². The van der Waals surface area contributed by atoms with Crippen molar-refractivity contribution in [1.82, 2.24) is 5.32 Å². The first kappa shape index (κ1) is 18.5. The molecule has 0 fully saturated rings. The van der Waals surface area contributed by atoms with Crippen LogP contribution in [0.3, 0.4) is 0 Å². The number of carbonyl (C=O) groups is 1. The van der Waals surface area contributed by atoms with E-state index in [0.717, 1.165) is 30.6 Å². The van der Waals surface area contributed by atoms with Gasteiger partial charge < -0.3 is 15.0 Å². The van der Waals surface area contributed by atoms with Gasteiger partial charge in [-0.15, -0.1) is 0 Å². The smallest absolute Gasteiger partial charge is 0.275 e. The molecule has 1 aliphatic carbocycles. The number of hydrogen-bond acceptors (Lipinski definition) is 2. The minimum atomic E-state index is 0.112. The molecule has 0 saturated carbocycles. The van der Waals surface area contributed by atoms with Crippen LogP contribution in [0, 0.1) is 0 Å². The standard InChI is InChI=1S/C22H28N2O2/c1-24(20-12-7-10-17-8-3-5-11-19(17)20)16-22(25)23-15-14-18-9-4-6-13-21(18)26-2/h3-6,8-9,11,13,20H,7,10,12,14-16H2,1-2H3,(H,23,25)/p+1/t20-/m0/s1.